The Balaban J connectivity index is 2.13. The van der Waals surface area contributed by atoms with E-state index >= 15 is 0 Å². The van der Waals surface area contributed by atoms with Gasteiger partial charge in [-0.2, -0.15) is 0 Å². The lowest BCUT2D eigenvalue weighted by Crippen LogP contribution is -2.51. The van der Waals surface area contributed by atoms with Gasteiger partial charge in [0.25, 0.3) is 0 Å². The normalized spacial score (nSPS) is 20.8. The van der Waals surface area contributed by atoms with Crippen molar-refractivity contribution in [2.24, 2.45) is 11.5 Å². The van der Waals surface area contributed by atoms with Crippen LogP contribution in [0.4, 0.5) is 0 Å². The number of ether oxygens (including phenoxy) is 1. The molecular weight excluding hydrogens is 232 g/mol. The topological polar surface area (TPSA) is 94.5 Å². The first-order valence-electron chi connectivity index (χ1n) is 5.96. The second-order valence-electron chi connectivity index (χ2n) is 4.28. The number of carbonyl (C=O) groups is 1. The van der Waals surface area contributed by atoms with Gasteiger partial charge in [-0.15, -0.1) is 0 Å². The Morgan fingerprint density at radius 2 is 2.44 bits per heavy atom. The summed E-state index contributed by atoms with van der Waals surface area (Å²) in [5, 5.41) is 0. The molecule has 4 N–H and O–H groups in total. The van der Waals surface area contributed by atoms with Gasteiger partial charge in [0.15, 0.2) is 0 Å². The van der Waals surface area contributed by atoms with Crippen LogP contribution in [0.1, 0.15) is 11.3 Å². The maximum atomic E-state index is 11.4. The van der Waals surface area contributed by atoms with Crippen LogP contribution in [0.15, 0.2) is 18.3 Å². The molecule has 1 amide bonds. The molecule has 6 nitrogen and oxygen atoms in total. The Morgan fingerprint density at radius 1 is 1.61 bits per heavy atom. The number of carbonyl (C=O) groups excluding carboxylic acids is 1. The number of nitrogens with two attached hydrogens (primary N) is 2. The molecule has 1 saturated heterocycles. The molecule has 0 aromatic carbocycles. The minimum absolute atomic E-state index is 0.354. The van der Waals surface area contributed by atoms with Gasteiger partial charge >= 0.3 is 0 Å². The highest BCUT2D eigenvalue weighted by Crippen LogP contribution is 2.14. The third-order valence-electron chi connectivity index (χ3n) is 3.12. The fourth-order valence-corrected chi connectivity index (χ4v) is 2.11. The smallest absolute Gasteiger partial charge is 0.237 e. The largest absolute Gasteiger partial charge is 0.378 e. The molecule has 1 aliphatic heterocycles. The van der Waals surface area contributed by atoms with Crippen molar-refractivity contribution in [1.82, 2.24) is 9.88 Å². The molecular formula is C12H18N4O2. The Bertz CT molecular complexity index is 424. The molecule has 18 heavy (non-hydrogen) atoms. The van der Waals surface area contributed by atoms with Crippen molar-refractivity contribution < 1.29 is 9.53 Å². The summed E-state index contributed by atoms with van der Waals surface area (Å²) in [4.78, 5) is 17.6. The van der Waals surface area contributed by atoms with E-state index in [9.17, 15) is 4.79 Å². The quantitative estimate of drug-likeness (QED) is 0.731. The molecule has 0 saturated carbocycles. The molecule has 2 rings (SSSR count). The summed E-state index contributed by atoms with van der Waals surface area (Å²) in [6, 6.07) is 3.47. The Labute approximate surface area is 106 Å². The summed E-state index contributed by atoms with van der Waals surface area (Å²) in [5.41, 5.74) is 12.9. The van der Waals surface area contributed by atoms with Gasteiger partial charge in [0.2, 0.25) is 5.91 Å². The van der Waals surface area contributed by atoms with E-state index in [0.717, 1.165) is 11.3 Å². The molecule has 0 bridgehead atoms. The summed E-state index contributed by atoms with van der Waals surface area (Å²) < 4.78 is 5.29. The average molecular weight is 250 g/mol. The van der Waals surface area contributed by atoms with E-state index in [2.05, 4.69) is 4.98 Å². The molecule has 6 heteroatoms. The molecule has 98 valence electrons. The Hall–Kier alpha value is -1.50. The predicted octanol–water partition coefficient (Wildman–Crippen LogP) is -0.774. The number of amides is 1. The molecule has 1 aliphatic rings. The van der Waals surface area contributed by atoms with Crippen LogP contribution in [0.5, 0.6) is 0 Å². The lowest BCUT2D eigenvalue weighted by molar-refractivity contribution is -0.129. The number of primary amides is 1. The molecule has 2 heterocycles. The van der Waals surface area contributed by atoms with Gasteiger partial charge < -0.3 is 16.2 Å². The van der Waals surface area contributed by atoms with Gasteiger partial charge in [0, 0.05) is 25.8 Å². The van der Waals surface area contributed by atoms with Crippen molar-refractivity contribution in [1.29, 1.82) is 0 Å². The van der Waals surface area contributed by atoms with Crippen LogP contribution in [-0.2, 0) is 22.6 Å². The first-order valence-corrected chi connectivity index (χ1v) is 5.96. The number of hydrogen-bond acceptors (Lipinski definition) is 5. The van der Waals surface area contributed by atoms with Crippen molar-refractivity contribution in [3.05, 3.63) is 29.6 Å². The van der Waals surface area contributed by atoms with Gasteiger partial charge in [-0.3, -0.25) is 14.7 Å². The zero-order valence-corrected chi connectivity index (χ0v) is 10.2. The first-order chi connectivity index (χ1) is 8.72. The number of morpholine rings is 1. The summed E-state index contributed by atoms with van der Waals surface area (Å²) in [7, 11) is 0. The van der Waals surface area contributed by atoms with Gasteiger partial charge in [-0.25, -0.2) is 0 Å². The van der Waals surface area contributed by atoms with Gasteiger partial charge in [0.05, 0.1) is 18.9 Å². The van der Waals surface area contributed by atoms with E-state index in [0.29, 0.717) is 32.8 Å². The van der Waals surface area contributed by atoms with E-state index in [4.69, 9.17) is 16.2 Å². The van der Waals surface area contributed by atoms with E-state index in [1.807, 2.05) is 17.0 Å². The molecule has 0 aliphatic carbocycles. The fraction of sp³-hybridized carbons (Fsp3) is 0.500. The second kappa shape index (κ2) is 5.90. The van der Waals surface area contributed by atoms with Crippen LogP contribution in [0, 0.1) is 0 Å². The highest BCUT2D eigenvalue weighted by atomic mass is 16.5. The van der Waals surface area contributed by atoms with Crippen molar-refractivity contribution in [3.8, 4) is 0 Å². The Kier molecular flexibility index (Phi) is 4.24. The molecule has 0 radical (unpaired) electrons. The highest BCUT2D eigenvalue weighted by Gasteiger charge is 2.27. The number of pyridine rings is 1. The highest BCUT2D eigenvalue weighted by molar-refractivity contribution is 5.80. The summed E-state index contributed by atoms with van der Waals surface area (Å²) >= 11 is 0. The lowest BCUT2D eigenvalue weighted by Gasteiger charge is -2.33. The number of rotatable bonds is 4. The standard InChI is InChI=1S/C12H18N4O2/c13-6-10-9(2-1-3-15-10)7-16-4-5-18-8-11(16)12(14)17/h1-3,11H,4-8,13H2,(H2,14,17). The monoisotopic (exact) mass is 250 g/mol. The van der Waals surface area contributed by atoms with Crippen molar-refractivity contribution in [2.75, 3.05) is 19.8 Å². The fourth-order valence-electron chi connectivity index (χ4n) is 2.11. The van der Waals surface area contributed by atoms with Crippen molar-refractivity contribution >= 4 is 5.91 Å². The van der Waals surface area contributed by atoms with Crippen LogP contribution in [-0.4, -0.2) is 41.6 Å². The van der Waals surface area contributed by atoms with Gasteiger partial charge in [-0.1, -0.05) is 6.07 Å². The van der Waals surface area contributed by atoms with E-state index < -0.39 is 0 Å². The maximum Gasteiger partial charge on any atom is 0.237 e. The summed E-state index contributed by atoms with van der Waals surface area (Å²) in [6.45, 7) is 2.67. The zero-order chi connectivity index (χ0) is 13.0. The van der Waals surface area contributed by atoms with Gasteiger partial charge in [-0.05, 0) is 11.6 Å². The minimum atomic E-state index is -0.371. The van der Waals surface area contributed by atoms with Crippen LogP contribution < -0.4 is 11.5 Å². The van der Waals surface area contributed by atoms with Crippen molar-refractivity contribution in [3.63, 3.8) is 0 Å². The third kappa shape index (κ3) is 2.84. The van der Waals surface area contributed by atoms with Crippen LogP contribution >= 0.6 is 0 Å². The summed E-state index contributed by atoms with van der Waals surface area (Å²) in [6.07, 6.45) is 1.72. The zero-order valence-electron chi connectivity index (χ0n) is 10.2. The van der Waals surface area contributed by atoms with Crippen LogP contribution in [0.2, 0.25) is 0 Å². The molecule has 1 aromatic rings. The van der Waals surface area contributed by atoms with Crippen LogP contribution in [0.25, 0.3) is 0 Å². The third-order valence-corrected chi connectivity index (χ3v) is 3.12. The molecule has 0 spiro atoms. The SMILES string of the molecule is NCc1ncccc1CN1CCOCC1C(N)=O. The first kappa shape index (κ1) is 12.9. The second-order valence-corrected chi connectivity index (χ2v) is 4.28. The molecule has 1 atom stereocenters. The number of aromatic nitrogens is 1. The number of hydrogen-bond donors (Lipinski definition) is 2. The maximum absolute atomic E-state index is 11.4. The average Bonchev–Trinajstić information content (AvgIpc) is 2.40. The van der Waals surface area contributed by atoms with E-state index in [1.165, 1.54) is 0 Å². The predicted molar refractivity (Wildman–Crippen MR) is 66.3 cm³/mol. The molecule has 1 fully saturated rings. The lowest BCUT2D eigenvalue weighted by atomic mass is 10.1. The Morgan fingerprint density at radius 3 is 3.17 bits per heavy atom. The van der Waals surface area contributed by atoms with Gasteiger partial charge in [0.1, 0.15) is 6.04 Å². The van der Waals surface area contributed by atoms with Crippen LogP contribution in [0.3, 0.4) is 0 Å². The molecule has 1 unspecified atom stereocenters. The van der Waals surface area contributed by atoms with E-state index in [-0.39, 0.29) is 11.9 Å². The summed E-state index contributed by atoms with van der Waals surface area (Å²) in [5.74, 6) is -0.354. The number of nitrogens with zero attached hydrogens (tertiary/aromatic N) is 2. The van der Waals surface area contributed by atoms with Crippen molar-refractivity contribution in [2.45, 2.75) is 19.1 Å². The minimum Gasteiger partial charge on any atom is -0.378 e. The molecule has 1 aromatic heterocycles. The van der Waals surface area contributed by atoms with E-state index in [1.54, 1.807) is 6.20 Å².